The fraction of sp³-hybridized carbons (Fsp3) is 0.190. The zero-order valence-electron chi connectivity index (χ0n) is 16.4. The first-order chi connectivity index (χ1) is 14.6. The highest BCUT2D eigenvalue weighted by molar-refractivity contribution is 9.10. The summed E-state index contributed by atoms with van der Waals surface area (Å²) in [6.07, 6.45) is 1.26. The van der Waals surface area contributed by atoms with Crippen molar-refractivity contribution in [3.63, 3.8) is 0 Å². The van der Waals surface area contributed by atoms with E-state index in [4.69, 9.17) is 14.2 Å². The first-order valence-corrected chi connectivity index (χ1v) is 10.8. The van der Waals surface area contributed by atoms with Crippen LogP contribution in [0.3, 0.4) is 0 Å². The van der Waals surface area contributed by atoms with Gasteiger partial charge in [-0.05, 0) is 34.1 Å². The molecule has 1 aliphatic rings. The zero-order valence-corrected chi connectivity index (χ0v) is 18.8. The van der Waals surface area contributed by atoms with Gasteiger partial charge in [0.1, 0.15) is 0 Å². The largest absolute Gasteiger partial charge is 0.493 e. The van der Waals surface area contributed by atoms with Crippen molar-refractivity contribution < 1.29 is 14.2 Å². The number of nitrogens with zero attached hydrogens (tertiary/aromatic N) is 3. The second kappa shape index (κ2) is 8.93. The summed E-state index contributed by atoms with van der Waals surface area (Å²) in [5.41, 5.74) is 3.16. The van der Waals surface area contributed by atoms with Gasteiger partial charge in [0.2, 0.25) is 11.0 Å². The monoisotopic (exact) mass is 486 g/mol. The molecular formula is C21H19BrN4O3S. The lowest BCUT2D eigenvalue weighted by molar-refractivity contribution is 0.224. The molecule has 1 aliphatic heterocycles. The maximum Gasteiger partial charge on any atom is 0.247 e. The van der Waals surface area contributed by atoms with Gasteiger partial charge >= 0.3 is 0 Å². The van der Waals surface area contributed by atoms with Crippen LogP contribution in [-0.2, 0) is 0 Å². The van der Waals surface area contributed by atoms with Crippen LogP contribution in [0.1, 0.15) is 11.8 Å². The summed E-state index contributed by atoms with van der Waals surface area (Å²) in [5.74, 6) is 2.29. The number of aromatic nitrogens is 3. The molecular weight excluding hydrogens is 468 g/mol. The Kier molecular flexibility index (Phi) is 6.10. The number of hydrogen-bond acceptors (Lipinski definition) is 8. The lowest BCUT2D eigenvalue weighted by Gasteiger charge is -2.21. The first kappa shape index (κ1) is 20.5. The molecule has 0 fully saturated rings. The lowest BCUT2D eigenvalue weighted by atomic mass is 10.1. The van der Waals surface area contributed by atoms with Crippen molar-refractivity contribution in [2.24, 2.45) is 0 Å². The van der Waals surface area contributed by atoms with E-state index in [0.717, 1.165) is 21.3 Å². The molecule has 3 aromatic rings. The summed E-state index contributed by atoms with van der Waals surface area (Å²) in [6.45, 7) is 3.73. The van der Waals surface area contributed by atoms with Crippen LogP contribution in [0, 0.1) is 0 Å². The SMILES string of the molecule is C=CCSc1nnc2c(n1)OC(c1cc(Br)c(OC)c(OC)c1)Nc1ccccc1-2. The summed E-state index contributed by atoms with van der Waals surface area (Å²) in [4.78, 5) is 4.60. The predicted octanol–water partition coefficient (Wildman–Crippen LogP) is 5.10. The van der Waals surface area contributed by atoms with Gasteiger partial charge in [0.05, 0.1) is 18.7 Å². The van der Waals surface area contributed by atoms with Gasteiger partial charge in [-0.2, -0.15) is 4.98 Å². The van der Waals surface area contributed by atoms with Crippen molar-refractivity contribution in [1.29, 1.82) is 0 Å². The third-order valence-corrected chi connectivity index (χ3v) is 5.85. The zero-order chi connectivity index (χ0) is 21.1. The normalized spacial score (nSPS) is 14.4. The van der Waals surface area contributed by atoms with Crippen molar-refractivity contribution >= 4 is 33.4 Å². The average Bonchev–Trinajstić information content (AvgIpc) is 2.93. The number of halogens is 1. The van der Waals surface area contributed by atoms with Crippen molar-refractivity contribution in [3.8, 4) is 28.6 Å². The van der Waals surface area contributed by atoms with Crippen molar-refractivity contribution in [2.45, 2.75) is 11.4 Å². The minimum Gasteiger partial charge on any atom is -0.493 e. The van der Waals surface area contributed by atoms with Crippen LogP contribution < -0.4 is 19.5 Å². The van der Waals surface area contributed by atoms with Gasteiger partial charge < -0.3 is 19.5 Å². The smallest absolute Gasteiger partial charge is 0.247 e. The van der Waals surface area contributed by atoms with E-state index in [0.29, 0.717) is 34.0 Å². The first-order valence-electron chi connectivity index (χ1n) is 9.07. The van der Waals surface area contributed by atoms with Crippen LogP contribution >= 0.6 is 27.7 Å². The minimum absolute atomic E-state index is 0.407. The molecule has 2 aromatic carbocycles. The maximum absolute atomic E-state index is 6.29. The van der Waals surface area contributed by atoms with Crippen LogP contribution in [0.2, 0.25) is 0 Å². The molecule has 1 atom stereocenters. The van der Waals surface area contributed by atoms with Gasteiger partial charge in [-0.1, -0.05) is 36.0 Å². The predicted molar refractivity (Wildman–Crippen MR) is 120 cm³/mol. The molecule has 0 aliphatic carbocycles. The van der Waals surface area contributed by atoms with Gasteiger partial charge in [-0.15, -0.1) is 16.8 Å². The maximum atomic E-state index is 6.29. The number of thioether (sulfide) groups is 1. The van der Waals surface area contributed by atoms with Crippen LogP contribution in [0.5, 0.6) is 17.4 Å². The Morgan fingerprint density at radius 2 is 2.07 bits per heavy atom. The molecule has 30 heavy (non-hydrogen) atoms. The Morgan fingerprint density at radius 1 is 1.23 bits per heavy atom. The number of rotatable bonds is 6. The van der Waals surface area contributed by atoms with E-state index in [1.54, 1.807) is 20.3 Å². The van der Waals surface area contributed by atoms with Crippen LogP contribution in [0.15, 0.2) is 58.7 Å². The molecule has 154 valence electrons. The summed E-state index contributed by atoms with van der Waals surface area (Å²) in [5, 5.41) is 12.6. The van der Waals surface area contributed by atoms with E-state index < -0.39 is 6.23 Å². The molecule has 7 nitrogen and oxygen atoms in total. The fourth-order valence-electron chi connectivity index (χ4n) is 3.08. The molecule has 1 aromatic heterocycles. The van der Waals surface area contributed by atoms with Gasteiger partial charge in [0.15, 0.2) is 23.4 Å². The second-order valence-corrected chi connectivity index (χ2v) is 8.12. The van der Waals surface area contributed by atoms with Crippen molar-refractivity contribution in [1.82, 2.24) is 15.2 Å². The van der Waals surface area contributed by atoms with Gasteiger partial charge in [0, 0.05) is 22.6 Å². The lowest BCUT2D eigenvalue weighted by Crippen LogP contribution is -2.17. The molecule has 1 N–H and O–H groups in total. The Morgan fingerprint density at radius 3 is 2.83 bits per heavy atom. The number of para-hydroxylation sites is 1. The number of hydrogen-bond donors (Lipinski definition) is 1. The molecule has 2 heterocycles. The number of fused-ring (bicyclic) bond motifs is 3. The quantitative estimate of drug-likeness (QED) is 0.380. The molecule has 0 amide bonds. The number of anilines is 1. The molecule has 0 saturated heterocycles. The molecule has 0 spiro atoms. The Bertz CT molecular complexity index is 1100. The van der Waals surface area contributed by atoms with Crippen LogP contribution in [0.25, 0.3) is 11.3 Å². The Balaban J connectivity index is 1.81. The summed E-state index contributed by atoms with van der Waals surface area (Å²) in [6, 6.07) is 11.6. The number of methoxy groups -OCH3 is 2. The van der Waals surface area contributed by atoms with E-state index in [1.807, 2.05) is 36.4 Å². The highest BCUT2D eigenvalue weighted by Crippen LogP contribution is 2.42. The highest BCUT2D eigenvalue weighted by Gasteiger charge is 2.27. The van der Waals surface area contributed by atoms with Crippen LogP contribution in [0.4, 0.5) is 5.69 Å². The third-order valence-electron chi connectivity index (χ3n) is 4.42. The van der Waals surface area contributed by atoms with Crippen LogP contribution in [-0.4, -0.2) is 35.2 Å². The van der Waals surface area contributed by atoms with Crippen molar-refractivity contribution in [2.75, 3.05) is 25.3 Å². The summed E-state index contributed by atoms with van der Waals surface area (Å²) >= 11 is 4.99. The molecule has 4 rings (SSSR count). The van der Waals surface area contributed by atoms with E-state index in [2.05, 4.69) is 43.0 Å². The van der Waals surface area contributed by atoms with Gasteiger partial charge in [-0.25, -0.2) is 0 Å². The van der Waals surface area contributed by atoms with Gasteiger partial charge in [-0.3, -0.25) is 0 Å². The molecule has 0 radical (unpaired) electrons. The Labute approximate surface area is 187 Å². The number of benzene rings is 2. The third kappa shape index (κ3) is 3.95. The minimum atomic E-state index is -0.530. The standard InChI is InChI=1S/C21H19BrN4O3S/c1-4-9-30-21-24-20-17(25-26-21)13-7-5-6-8-15(13)23-19(29-20)12-10-14(22)18(28-3)16(11-12)27-2/h4-8,10-11,19,23H,1,9H2,2-3H3. The van der Waals surface area contributed by atoms with E-state index in [1.165, 1.54) is 11.8 Å². The second-order valence-electron chi connectivity index (χ2n) is 6.27. The number of nitrogens with one attached hydrogen (secondary N) is 1. The average molecular weight is 487 g/mol. The highest BCUT2D eigenvalue weighted by atomic mass is 79.9. The van der Waals surface area contributed by atoms with E-state index >= 15 is 0 Å². The fourth-order valence-corrected chi connectivity index (χ4v) is 4.22. The molecule has 0 bridgehead atoms. The van der Waals surface area contributed by atoms with Crippen molar-refractivity contribution in [3.05, 3.63) is 59.1 Å². The molecule has 1 unspecified atom stereocenters. The molecule has 0 saturated carbocycles. The Hall–Kier alpha value is -2.78. The summed E-state index contributed by atoms with van der Waals surface area (Å²) < 4.78 is 18.0. The van der Waals surface area contributed by atoms with E-state index in [-0.39, 0.29) is 0 Å². The van der Waals surface area contributed by atoms with E-state index in [9.17, 15) is 0 Å². The molecule has 9 heteroatoms. The number of ether oxygens (including phenoxy) is 3. The van der Waals surface area contributed by atoms with Gasteiger partial charge in [0.25, 0.3) is 0 Å². The topological polar surface area (TPSA) is 78.4 Å². The summed E-state index contributed by atoms with van der Waals surface area (Å²) in [7, 11) is 3.19.